The first-order valence-electron chi connectivity index (χ1n) is 6.30. The molecule has 0 radical (unpaired) electrons. The lowest BCUT2D eigenvalue weighted by atomic mass is 10.1. The Morgan fingerprint density at radius 1 is 1.65 bits per heavy atom. The smallest absolute Gasteiger partial charge is 0.240 e. The van der Waals surface area contributed by atoms with Crippen LogP contribution in [0.1, 0.15) is 37.5 Å². The Morgan fingerprint density at radius 2 is 2.41 bits per heavy atom. The molecule has 0 aliphatic heterocycles. The molecule has 1 saturated carbocycles. The predicted octanol–water partition coefficient (Wildman–Crippen LogP) is 2.37. The van der Waals surface area contributed by atoms with Crippen molar-refractivity contribution in [2.45, 2.75) is 51.2 Å². The molecule has 0 spiro atoms. The van der Waals surface area contributed by atoms with E-state index < -0.39 is 0 Å². The van der Waals surface area contributed by atoms with Gasteiger partial charge in [-0.05, 0) is 30.7 Å². The van der Waals surface area contributed by atoms with Gasteiger partial charge in [-0.25, -0.2) is 0 Å². The molecule has 94 valence electrons. The van der Waals surface area contributed by atoms with E-state index in [0.717, 1.165) is 32.2 Å². The molecule has 1 atom stereocenters. The normalized spacial score (nSPS) is 16.8. The number of thiophene rings is 1. The fourth-order valence-electron chi connectivity index (χ4n) is 1.99. The third-order valence-electron chi connectivity index (χ3n) is 3.09. The predicted molar refractivity (Wildman–Crippen MR) is 70.8 cm³/mol. The second-order valence-corrected chi connectivity index (χ2v) is 5.70. The third kappa shape index (κ3) is 3.30. The SMILES string of the molecule is CCC[C@@H](N)C(=O)N(Cc1cccs1)C1CC1. The molecule has 1 aliphatic carbocycles. The van der Waals surface area contributed by atoms with Crippen molar-refractivity contribution in [2.75, 3.05) is 0 Å². The zero-order chi connectivity index (χ0) is 12.3. The number of nitrogens with zero attached hydrogens (tertiary/aromatic N) is 1. The number of amides is 1. The van der Waals surface area contributed by atoms with Crippen molar-refractivity contribution < 1.29 is 4.79 Å². The summed E-state index contributed by atoms with van der Waals surface area (Å²) < 4.78 is 0. The number of carbonyl (C=O) groups excluding carboxylic acids is 1. The second kappa shape index (κ2) is 5.65. The zero-order valence-corrected chi connectivity index (χ0v) is 11.1. The highest BCUT2D eigenvalue weighted by Crippen LogP contribution is 2.29. The highest BCUT2D eigenvalue weighted by atomic mass is 32.1. The average molecular weight is 252 g/mol. The van der Waals surface area contributed by atoms with E-state index in [4.69, 9.17) is 5.73 Å². The van der Waals surface area contributed by atoms with Crippen molar-refractivity contribution in [3.05, 3.63) is 22.4 Å². The summed E-state index contributed by atoms with van der Waals surface area (Å²) in [5.41, 5.74) is 5.94. The van der Waals surface area contributed by atoms with Gasteiger partial charge in [0.25, 0.3) is 0 Å². The lowest BCUT2D eigenvalue weighted by Crippen LogP contribution is -2.44. The van der Waals surface area contributed by atoms with Gasteiger partial charge in [0.1, 0.15) is 0 Å². The molecular formula is C13H20N2OS. The lowest BCUT2D eigenvalue weighted by molar-refractivity contribution is -0.133. The Balaban J connectivity index is 1.99. The Kier molecular flexibility index (Phi) is 4.18. The zero-order valence-electron chi connectivity index (χ0n) is 10.3. The quantitative estimate of drug-likeness (QED) is 0.845. The van der Waals surface area contributed by atoms with Gasteiger partial charge in [-0.3, -0.25) is 4.79 Å². The van der Waals surface area contributed by atoms with Crippen LogP contribution >= 0.6 is 11.3 Å². The van der Waals surface area contributed by atoms with Gasteiger partial charge in [-0.2, -0.15) is 0 Å². The molecule has 1 aliphatic rings. The van der Waals surface area contributed by atoms with Crippen molar-refractivity contribution in [3.63, 3.8) is 0 Å². The van der Waals surface area contributed by atoms with Crippen molar-refractivity contribution in [3.8, 4) is 0 Å². The van der Waals surface area contributed by atoms with Gasteiger partial charge >= 0.3 is 0 Å². The van der Waals surface area contributed by atoms with Crippen molar-refractivity contribution in [1.82, 2.24) is 4.90 Å². The topological polar surface area (TPSA) is 46.3 Å². The van der Waals surface area contributed by atoms with Crippen LogP contribution in [-0.4, -0.2) is 22.9 Å². The molecule has 1 aromatic rings. The fourth-order valence-corrected chi connectivity index (χ4v) is 2.69. The van der Waals surface area contributed by atoms with Crippen LogP contribution in [0.25, 0.3) is 0 Å². The molecule has 0 aromatic carbocycles. The first-order valence-corrected chi connectivity index (χ1v) is 7.18. The average Bonchev–Trinajstić information content (AvgIpc) is 3.03. The van der Waals surface area contributed by atoms with Gasteiger partial charge in [0.2, 0.25) is 5.91 Å². The Labute approximate surface area is 107 Å². The summed E-state index contributed by atoms with van der Waals surface area (Å²) in [7, 11) is 0. The number of carbonyl (C=O) groups is 1. The minimum absolute atomic E-state index is 0.128. The van der Waals surface area contributed by atoms with E-state index in [1.165, 1.54) is 4.88 Å². The fraction of sp³-hybridized carbons (Fsp3) is 0.615. The highest BCUT2D eigenvalue weighted by molar-refractivity contribution is 7.09. The summed E-state index contributed by atoms with van der Waals surface area (Å²) in [5.74, 6) is 0.128. The number of rotatable bonds is 6. The van der Waals surface area contributed by atoms with E-state index in [2.05, 4.69) is 18.4 Å². The molecule has 2 N–H and O–H groups in total. The minimum atomic E-state index is -0.319. The van der Waals surface area contributed by atoms with E-state index >= 15 is 0 Å². The van der Waals surface area contributed by atoms with Crippen LogP contribution in [0.5, 0.6) is 0 Å². The van der Waals surface area contributed by atoms with Crippen LogP contribution in [0.4, 0.5) is 0 Å². The van der Waals surface area contributed by atoms with Crippen LogP contribution in [-0.2, 0) is 11.3 Å². The Bertz CT molecular complexity index is 360. The van der Waals surface area contributed by atoms with Crippen molar-refractivity contribution in [1.29, 1.82) is 0 Å². The Hall–Kier alpha value is -0.870. The maximum Gasteiger partial charge on any atom is 0.240 e. The molecule has 2 rings (SSSR count). The molecule has 1 aromatic heterocycles. The van der Waals surface area contributed by atoms with E-state index in [1.807, 2.05) is 11.0 Å². The summed E-state index contributed by atoms with van der Waals surface area (Å²) >= 11 is 1.70. The highest BCUT2D eigenvalue weighted by Gasteiger charge is 2.34. The van der Waals surface area contributed by atoms with Crippen LogP contribution in [0.15, 0.2) is 17.5 Å². The molecule has 4 heteroatoms. The number of nitrogens with two attached hydrogens (primary N) is 1. The maximum atomic E-state index is 12.2. The van der Waals surface area contributed by atoms with Crippen LogP contribution < -0.4 is 5.73 Å². The number of hydrogen-bond acceptors (Lipinski definition) is 3. The van der Waals surface area contributed by atoms with Crippen molar-refractivity contribution >= 4 is 17.2 Å². The maximum absolute atomic E-state index is 12.2. The molecule has 17 heavy (non-hydrogen) atoms. The first-order chi connectivity index (χ1) is 8.22. The van der Waals surface area contributed by atoms with Gasteiger partial charge in [0, 0.05) is 10.9 Å². The van der Waals surface area contributed by atoms with Crippen molar-refractivity contribution in [2.24, 2.45) is 5.73 Å². The molecule has 0 saturated heterocycles. The summed E-state index contributed by atoms with van der Waals surface area (Å²) in [4.78, 5) is 15.5. The first kappa shape index (κ1) is 12.6. The van der Waals surface area contributed by atoms with E-state index in [0.29, 0.717) is 6.04 Å². The molecule has 0 bridgehead atoms. The Morgan fingerprint density at radius 3 is 2.94 bits per heavy atom. The monoisotopic (exact) mass is 252 g/mol. The molecule has 1 heterocycles. The molecule has 0 unspecified atom stereocenters. The van der Waals surface area contributed by atoms with Gasteiger partial charge in [0.15, 0.2) is 0 Å². The third-order valence-corrected chi connectivity index (χ3v) is 3.96. The standard InChI is InChI=1S/C13H20N2OS/c1-2-4-12(14)13(16)15(10-6-7-10)9-11-5-3-8-17-11/h3,5,8,10,12H,2,4,6-7,9,14H2,1H3/t12-/m1/s1. The molecule has 3 nitrogen and oxygen atoms in total. The summed E-state index contributed by atoms with van der Waals surface area (Å²) in [6, 6.07) is 4.23. The molecule has 1 fully saturated rings. The largest absolute Gasteiger partial charge is 0.333 e. The molecule has 1 amide bonds. The van der Waals surface area contributed by atoms with Crippen LogP contribution in [0, 0.1) is 0 Å². The van der Waals surface area contributed by atoms with Gasteiger partial charge < -0.3 is 10.6 Å². The summed E-state index contributed by atoms with van der Waals surface area (Å²) in [6.07, 6.45) is 4.02. The number of hydrogen-bond donors (Lipinski definition) is 1. The molecular weight excluding hydrogens is 232 g/mol. The van der Waals surface area contributed by atoms with Gasteiger partial charge in [-0.1, -0.05) is 19.4 Å². The second-order valence-electron chi connectivity index (χ2n) is 4.67. The van der Waals surface area contributed by atoms with Crippen LogP contribution in [0.2, 0.25) is 0 Å². The minimum Gasteiger partial charge on any atom is -0.333 e. The lowest BCUT2D eigenvalue weighted by Gasteiger charge is -2.25. The van der Waals surface area contributed by atoms with E-state index in [-0.39, 0.29) is 11.9 Å². The van der Waals surface area contributed by atoms with Gasteiger partial charge in [-0.15, -0.1) is 11.3 Å². The van der Waals surface area contributed by atoms with Crippen LogP contribution in [0.3, 0.4) is 0 Å². The van der Waals surface area contributed by atoms with E-state index in [1.54, 1.807) is 11.3 Å². The summed E-state index contributed by atoms with van der Waals surface area (Å²) in [6.45, 7) is 2.80. The van der Waals surface area contributed by atoms with E-state index in [9.17, 15) is 4.79 Å². The van der Waals surface area contributed by atoms with Gasteiger partial charge in [0.05, 0.1) is 12.6 Å². The summed E-state index contributed by atoms with van der Waals surface area (Å²) in [5, 5.41) is 2.05.